The molecular formula is C9H10O3. The zero-order valence-corrected chi connectivity index (χ0v) is 6.74. The van der Waals surface area contributed by atoms with Crippen LogP contribution >= 0.6 is 0 Å². The third-order valence-electron chi connectivity index (χ3n) is 1.78. The van der Waals surface area contributed by atoms with Crippen molar-refractivity contribution in [3.05, 3.63) is 23.3 Å². The first-order chi connectivity index (χ1) is 5.70. The number of aromatic hydroxyl groups is 2. The third kappa shape index (κ3) is 1.25. The van der Waals surface area contributed by atoms with Gasteiger partial charge in [-0.15, -0.1) is 0 Å². The molecule has 0 saturated carbocycles. The molecule has 1 aromatic rings. The number of carbonyl (C=O) groups excluding carboxylic acids is 1. The van der Waals surface area contributed by atoms with E-state index in [1.165, 1.54) is 6.07 Å². The molecule has 0 amide bonds. The number of carbonyl (C=O) groups is 1. The van der Waals surface area contributed by atoms with Gasteiger partial charge in [0.1, 0.15) is 11.5 Å². The van der Waals surface area contributed by atoms with Crippen molar-refractivity contribution >= 4 is 6.29 Å². The molecule has 0 aliphatic carbocycles. The van der Waals surface area contributed by atoms with Gasteiger partial charge >= 0.3 is 0 Å². The Kier molecular flexibility index (Phi) is 2.33. The molecule has 0 aliphatic rings. The number of hydrogen-bond acceptors (Lipinski definition) is 3. The Hall–Kier alpha value is -1.51. The van der Waals surface area contributed by atoms with Crippen molar-refractivity contribution in [1.29, 1.82) is 0 Å². The van der Waals surface area contributed by atoms with Crippen LogP contribution in [0, 0.1) is 0 Å². The number of phenols is 2. The van der Waals surface area contributed by atoms with E-state index >= 15 is 0 Å². The molecule has 0 bridgehead atoms. The Bertz CT molecular complexity index is 305. The van der Waals surface area contributed by atoms with Crippen LogP contribution in [-0.4, -0.2) is 16.5 Å². The van der Waals surface area contributed by atoms with Crippen LogP contribution in [0.1, 0.15) is 22.8 Å². The Morgan fingerprint density at radius 2 is 2.08 bits per heavy atom. The Morgan fingerprint density at radius 1 is 1.42 bits per heavy atom. The monoisotopic (exact) mass is 166 g/mol. The highest BCUT2D eigenvalue weighted by atomic mass is 16.3. The first-order valence-electron chi connectivity index (χ1n) is 3.69. The minimum absolute atomic E-state index is 0.0330. The molecule has 0 fully saturated rings. The highest BCUT2D eigenvalue weighted by Gasteiger charge is 2.09. The van der Waals surface area contributed by atoms with Crippen molar-refractivity contribution in [2.75, 3.05) is 0 Å². The van der Waals surface area contributed by atoms with Gasteiger partial charge in [-0.25, -0.2) is 0 Å². The standard InChI is InChI=1S/C9H10O3/c1-2-6-3-4-8(11)7(5-10)9(6)12/h3-5,11-12H,2H2,1H3. The quantitative estimate of drug-likeness (QED) is 0.654. The van der Waals surface area contributed by atoms with Gasteiger partial charge in [0.25, 0.3) is 0 Å². The van der Waals surface area contributed by atoms with Crippen molar-refractivity contribution in [2.24, 2.45) is 0 Å². The molecule has 3 nitrogen and oxygen atoms in total. The maximum absolute atomic E-state index is 10.4. The second-order valence-corrected chi connectivity index (χ2v) is 2.48. The van der Waals surface area contributed by atoms with Crippen LogP contribution in [0.2, 0.25) is 0 Å². The molecular weight excluding hydrogens is 156 g/mol. The second kappa shape index (κ2) is 3.26. The van der Waals surface area contributed by atoms with Gasteiger partial charge in [0.2, 0.25) is 0 Å². The Labute approximate surface area is 70.3 Å². The first kappa shape index (κ1) is 8.59. The van der Waals surface area contributed by atoms with Crippen molar-refractivity contribution < 1.29 is 15.0 Å². The zero-order valence-electron chi connectivity index (χ0n) is 6.74. The van der Waals surface area contributed by atoms with Gasteiger partial charge < -0.3 is 10.2 Å². The van der Waals surface area contributed by atoms with Crippen molar-refractivity contribution in [3.63, 3.8) is 0 Å². The summed E-state index contributed by atoms with van der Waals surface area (Å²) in [6, 6.07) is 3.00. The summed E-state index contributed by atoms with van der Waals surface area (Å²) in [7, 11) is 0. The molecule has 64 valence electrons. The summed E-state index contributed by atoms with van der Waals surface area (Å²) in [5, 5.41) is 18.5. The average Bonchev–Trinajstić information content (AvgIpc) is 2.06. The van der Waals surface area contributed by atoms with Crippen molar-refractivity contribution in [1.82, 2.24) is 0 Å². The topological polar surface area (TPSA) is 57.5 Å². The lowest BCUT2D eigenvalue weighted by atomic mass is 10.1. The predicted octanol–water partition coefficient (Wildman–Crippen LogP) is 1.47. The van der Waals surface area contributed by atoms with Crippen LogP contribution in [0.3, 0.4) is 0 Å². The SMILES string of the molecule is CCc1ccc(O)c(C=O)c1O. The number of rotatable bonds is 2. The van der Waals surface area contributed by atoms with Crippen molar-refractivity contribution in [3.8, 4) is 11.5 Å². The average molecular weight is 166 g/mol. The largest absolute Gasteiger partial charge is 0.507 e. The molecule has 2 N–H and O–H groups in total. The molecule has 0 saturated heterocycles. The Balaban J connectivity index is 3.33. The minimum atomic E-state index is -0.181. The van der Waals surface area contributed by atoms with E-state index in [0.29, 0.717) is 18.3 Å². The lowest BCUT2D eigenvalue weighted by Gasteiger charge is -2.04. The lowest BCUT2D eigenvalue weighted by Crippen LogP contribution is -1.88. The summed E-state index contributed by atoms with van der Waals surface area (Å²) < 4.78 is 0. The number of aldehydes is 1. The fourth-order valence-electron chi connectivity index (χ4n) is 1.04. The molecule has 1 aromatic carbocycles. The fraction of sp³-hybridized carbons (Fsp3) is 0.222. The molecule has 3 heteroatoms. The van der Waals surface area contributed by atoms with Gasteiger partial charge in [-0.05, 0) is 18.1 Å². The molecule has 0 atom stereocenters. The summed E-state index contributed by atoms with van der Waals surface area (Å²) >= 11 is 0. The van der Waals surface area contributed by atoms with Crippen LogP contribution < -0.4 is 0 Å². The zero-order chi connectivity index (χ0) is 9.14. The highest BCUT2D eigenvalue weighted by Crippen LogP contribution is 2.28. The lowest BCUT2D eigenvalue weighted by molar-refractivity contribution is 0.111. The number of phenolic OH excluding ortho intramolecular Hbond substituents is 2. The van der Waals surface area contributed by atoms with E-state index in [1.807, 2.05) is 6.92 Å². The molecule has 0 aromatic heterocycles. The van der Waals surface area contributed by atoms with E-state index in [0.717, 1.165) is 0 Å². The van der Waals surface area contributed by atoms with E-state index in [-0.39, 0.29) is 17.1 Å². The minimum Gasteiger partial charge on any atom is -0.507 e. The number of aryl methyl sites for hydroxylation is 1. The van der Waals surface area contributed by atoms with E-state index in [9.17, 15) is 9.90 Å². The van der Waals surface area contributed by atoms with E-state index in [1.54, 1.807) is 6.07 Å². The number of benzene rings is 1. The van der Waals surface area contributed by atoms with E-state index in [4.69, 9.17) is 5.11 Å². The smallest absolute Gasteiger partial charge is 0.157 e. The fourth-order valence-corrected chi connectivity index (χ4v) is 1.04. The maximum Gasteiger partial charge on any atom is 0.157 e. The molecule has 12 heavy (non-hydrogen) atoms. The predicted molar refractivity (Wildman–Crippen MR) is 44.5 cm³/mol. The normalized spacial score (nSPS) is 9.75. The van der Waals surface area contributed by atoms with E-state index < -0.39 is 0 Å². The summed E-state index contributed by atoms with van der Waals surface area (Å²) in [5.74, 6) is -0.299. The molecule has 0 radical (unpaired) electrons. The van der Waals surface area contributed by atoms with Crippen LogP contribution in [0.5, 0.6) is 11.5 Å². The van der Waals surface area contributed by atoms with Crippen molar-refractivity contribution in [2.45, 2.75) is 13.3 Å². The van der Waals surface area contributed by atoms with Gasteiger partial charge in [-0.3, -0.25) is 4.79 Å². The molecule has 1 rings (SSSR count). The molecule has 0 unspecified atom stereocenters. The summed E-state index contributed by atoms with van der Waals surface area (Å²) in [6.07, 6.45) is 1.08. The summed E-state index contributed by atoms with van der Waals surface area (Å²) in [5.41, 5.74) is 0.629. The maximum atomic E-state index is 10.4. The summed E-state index contributed by atoms with van der Waals surface area (Å²) in [4.78, 5) is 10.4. The first-order valence-corrected chi connectivity index (χ1v) is 3.69. The van der Waals surface area contributed by atoms with Gasteiger partial charge in [-0.1, -0.05) is 13.0 Å². The van der Waals surface area contributed by atoms with Crippen LogP contribution in [0.25, 0.3) is 0 Å². The van der Waals surface area contributed by atoms with Gasteiger partial charge in [0, 0.05) is 0 Å². The molecule has 0 aliphatic heterocycles. The van der Waals surface area contributed by atoms with Gasteiger partial charge in [0.15, 0.2) is 6.29 Å². The summed E-state index contributed by atoms with van der Waals surface area (Å²) in [6.45, 7) is 1.86. The van der Waals surface area contributed by atoms with Crippen LogP contribution in [0.15, 0.2) is 12.1 Å². The second-order valence-electron chi connectivity index (χ2n) is 2.48. The third-order valence-corrected chi connectivity index (χ3v) is 1.78. The van der Waals surface area contributed by atoms with Gasteiger partial charge in [-0.2, -0.15) is 0 Å². The van der Waals surface area contributed by atoms with E-state index in [2.05, 4.69) is 0 Å². The molecule has 0 spiro atoms. The van der Waals surface area contributed by atoms with Crippen LogP contribution in [-0.2, 0) is 6.42 Å². The Morgan fingerprint density at radius 3 is 2.58 bits per heavy atom. The highest BCUT2D eigenvalue weighted by molar-refractivity contribution is 5.84. The number of hydrogen-bond donors (Lipinski definition) is 2. The van der Waals surface area contributed by atoms with Gasteiger partial charge in [0.05, 0.1) is 5.56 Å². The molecule has 0 heterocycles. The van der Waals surface area contributed by atoms with Crippen LogP contribution in [0.4, 0.5) is 0 Å².